The number of phosphoric ester groups is 1. The molecular formula is C9H15N3O11P2. The molecule has 142 valence electrons. The Morgan fingerprint density at radius 2 is 1.92 bits per heavy atom. The third-order valence-electron chi connectivity index (χ3n) is 3.09. The summed E-state index contributed by atoms with van der Waals surface area (Å²) >= 11 is 0. The quantitative estimate of drug-likeness (QED) is 0.274. The number of hydrogen-bond acceptors (Lipinski definition) is 10. The summed E-state index contributed by atoms with van der Waals surface area (Å²) in [7, 11) is -10.4. The van der Waals surface area contributed by atoms with Crippen LogP contribution in [0.25, 0.3) is 0 Å². The minimum atomic E-state index is -5.30. The molecule has 0 spiro atoms. The summed E-state index contributed by atoms with van der Waals surface area (Å²) in [6, 6.07) is 1.03. The fourth-order valence-electron chi connectivity index (χ4n) is 2.07. The van der Waals surface area contributed by atoms with Crippen LogP contribution in [0.15, 0.2) is 17.1 Å². The Kier molecular flexibility index (Phi) is 5.81. The predicted octanol–water partition coefficient (Wildman–Crippen LogP) is -2.33. The summed E-state index contributed by atoms with van der Waals surface area (Å²) in [4.78, 5) is 40.6. The minimum Gasteiger partial charge on any atom is -0.387 e. The van der Waals surface area contributed by atoms with Crippen LogP contribution < -0.4 is 11.3 Å². The van der Waals surface area contributed by atoms with Crippen molar-refractivity contribution in [3.05, 3.63) is 22.6 Å². The molecule has 1 aliphatic heterocycles. The summed E-state index contributed by atoms with van der Waals surface area (Å²) in [5.41, 5.74) is 4.88. The minimum absolute atomic E-state index is 0.317. The zero-order valence-electron chi connectivity index (χ0n) is 12.2. The molecule has 1 aromatic rings. The molecule has 5 atom stereocenters. The van der Waals surface area contributed by atoms with Gasteiger partial charge < -0.3 is 35.4 Å². The maximum atomic E-state index is 11.4. The molecule has 2 rings (SSSR count). The van der Waals surface area contributed by atoms with E-state index in [1.807, 2.05) is 0 Å². The fraction of sp³-hybridized carbons (Fsp3) is 0.556. The average Bonchev–Trinajstić information content (AvgIpc) is 2.71. The van der Waals surface area contributed by atoms with Crippen LogP contribution in [0.1, 0.15) is 6.23 Å². The first kappa shape index (κ1) is 20.1. The van der Waals surface area contributed by atoms with Crippen molar-refractivity contribution in [3.63, 3.8) is 0 Å². The first-order chi connectivity index (χ1) is 11.4. The van der Waals surface area contributed by atoms with Crippen LogP contribution in [0.4, 0.5) is 5.95 Å². The fourth-order valence-corrected chi connectivity index (χ4v) is 3.66. The number of rotatable bonds is 6. The lowest BCUT2D eigenvalue weighted by molar-refractivity contribution is -0.0515. The van der Waals surface area contributed by atoms with Gasteiger partial charge in [0.25, 0.3) is 5.56 Å². The number of aromatic nitrogens is 2. The Morgan fingerprint density at radius 1 is 1.28 bits per heavy atom. The molecule has 0 aliphatic carbocycles. The standard InChI is InChI=1S/C9H15N3O11P2/c10-9-11-5(13)1-2-12(9)8-7(15)6(14)4(22-8)3-21-25(19,20)23-24(16,17)18/h1-2,4,6-8,14-15H,3H2,(H,19,20)(H2,10,11,13)(H2,16,17,18)/t4-,6-,7-,8-/m1/s1. The number of ether oxygens (including phenoxy) is 1. The molecule has 1 aromatic heterocycles. The van der Waals surface area contributed by atoms with Crippen molar-refractivity contribution in [1.29, 1.82) is 0 Å². The van der Waals surface area contributed by atoms with Gasteiger partial charge >= 0.3 is 15.6 Å². The van der Waals surface area contributed by atoms with E-state index >= 15 is 0 Å². The number of nitrogen functional groups attached to an aromatic ring is 1. The largest absolute Gasteiger partial charge is 0.481 e. The summed E-state index contributed by atoms with van der Waals surface area (Å²) in [6.45, 7) is -0.851. The number of hydrogen-bond donors (Lipinski definition) is 6. The molecule has 7 N–H and O–H groups in total. The van der Waals surface area contributed by atoms with E-state index < -0.39 is 52.4 Å². The molecule has 0 saturated carbocycles. The molecular weight excluding hydrogens is 388 g/mol. The first-order valence-corrected chi connectivity index (χ1v) is 9.53. The molecule has 1 aliphatic rings. The van der Waals surface area contributed by atoms with Gasteiger partial charge in [-0.25, -0.2) is 9.13 Å². The number of aliphatic hydroxyl groups is 2. The molecule has 2 heterocycles. The Balaban J connectivity index is 2.08. The van der Waals surface area contributed by atoms with Gasteiger partial charge in [0.1, 0.15) is 18.3 Å². The van der Waals surface area contributed by atoms with Gasteiger partial charge in [-0.3, -0.25) is 13.9 Å². The number of aliphatic hydroxyl groups excluding tert-OH is 2. The van der Waals surface area contributed by atoms with Crippen molar-refractivity contribution in [1.82, 2.24) is 9.55 Å². The van der Waals surface area contributed by atoms with E-state index in [2.05, 4.69) is 13.8 Å². The van der Waals surface area contributed by atoms with Gasteiger partial charge in [0, 0.05) is 12.3 Å². The summed E-state index contributed by atoms with van der Waals surface area (Å²) < 4.78 is 36.1. The van der Waals surface area contributed by atoms with Crippen LogP contribution in [0.5, 0.6) is 0 Å². The van der Waals surface area contributed by atoms with E-state index in [4.69, 9.17) is 25.2 Å². The van der Waals surface area contributed by atoms with Crippen LogP contribution in [-0.2, 0) is 22.7 Å². The van der Waals surface area contributed by atoms with Gasteiger partial charge in [-0.15, -0.1) is 0 Å². The predicted molar refractivity (Wildman–Crippen MR) is 77.7 cm³/mol. The highest BCUT2D eigenvalue weighted by molar-refractivity contribution is 7.60. The Morgan fingerprint density at radius 3 is 2.48 bits per heavy atom. The summed E-state index contributed by atoms with van der Waals surface area (Å²) in [6.07, 6.45) is -4.69. The van der Waals surface area contributed by atoms with Crippen LogP contribution in [0.3, 0.4) is 0 Å². The molecule has 16 heteroatoms. The van der Waals surface area contributed by atoms with E-state index in [9.17, 15) is 24.1 Å². The van der Waals surface area contributed by atoms with Crippen LogP contribution in [0, 0.1) is 0 Å². The van der Waals surface area contributed by atoms with Crippen LogP contribution in [0.2, 0.25) is 0 Å². The van der Waals surface area contributed by atoms with Crippen molar-refractivity contribution < 1.29 is 47.6 Å². The second-order valence-corrected chi connectivity index (χ2v) is 7.74. The zero-order chi connectivity index (χ0) is 19.0. The van der Waals surface area contributed by atoms with Gasteiger partial charge in [-0.05, 0) is 0 Å². The Bertz CT molecular complexity index is 778. The third-order valence-corrected chi connectivity index (χ3v) is 5.24. The third kappa shape index (κ3) is 5.15. The normalized spacial score (nSPS) is 29.5. The van der Waals surface area contributed by atoms with Crippen molar-refractivity contribution in [3.8, 4) is 0 Å². The second-order valence-electron chi connectivity index (χ2n) is 4.91. The van der Waals surface area contributed by atoms with Crippen molar-refractivity contribution in [2.45, 2.75) is 24.5 Å². The van der Waals surface area contributed by atoms with Crippen molar-refractivity contribution in [2.24, 2.45) is 0 Å². The lowest BCUT2D eigenvalue weighted by atomic mass is 10.1. The number of nitrogens with zero attached hydrogens (tertiary/aromatic N) is 2. The highest BCUT2D eigenvalue weighted by Gasteiger charge is 2.45. The number of nitrogens with two attached hydrogens (primary N) is 1. The monoisotopic (exact) mass is 403 g/mol. The van der Waals surface area contributed by atoms with E-state index in [0.717, 1.165) is 16.8 Å². The van der Waals surface area contributed by atoms with Crippen LogP contribution >= 0.6 is 15.6 Å². The molecule has 14 nitrogen and oxygen atoms in total. The van der Waals surface area contributed by atoms with E-state index in [0.29, 0.717) is 0 Å². The molecule has 1 fully saturated rings. The van der Waals surface area contributed by atoms with Gasteiger partial charge in [0.15, 0.2) is 6.23 Å². The van der Waals surface area contributed by atoms with Gasteiger partial charge in [-0.2, -0.15) is 9.29 Å². The van der Waals surface area contributed by atoms with E-state index in [-0.39, 0.29) is 5.95 Å². The van der Waals surface area contributed by atoms with E-state index in [1.54, 1.807) is 0 Å². The molecule has 0 amide bonds. The topological polar surface area (TPSA) is 224 Å². The SMILES string of the molecule is Nc1nc(=O)ccn1[C@@H]1O[C@H](COP(=O)(O)OP(=O)(O)O)[C@@H](O)[C@H]1O. The number of phosphoric acid groups is 2. The highest BCUT2D eigenvalue weighted by atomic mass is 31.3. The number of anilines is 1. The van der Waals surface area contributed by atoms with E-state index in [1.165, 1.54) is 0 Å². The molecule has 0 bridgehead atoms. The zero-order valence-corrected chi connectivity index (χ0v) is 14.0. The average molecular weight is 403 g/mol. The maximum Gasteiger partial charge on any atom is 0.481 e. The van der Waals surface area contributed by atoms with Gasteiger partial charge in [0.2, 0.25) is 5.95 Å². The smallest absolute Gasteiger partial charge is 0.387 e. The van der Waals surface area contributed by atoms with Crippen molar-refractivity contribution >= 4 is 21.6 Å². The highest BCUT2D eigenvalue weighted by Crippen LogP contribution is 2.57. The van der Waals surface area contributed by atoms with Crippen LogP contribution in [-0.4, -0.2) is 59.4 Å². The molecule has 0 radical (unpaired) electrons. The Hall–Kier alpha value is -1.18. The first-order valence-electron chi connectivity index (χ1n) is 6.50. The maximum absolute atomic E-state index is 11.4. The van der Waals surface area contributed by atoms with Crippen molar-refractivity contribution in [2.75, 3.05) is 12.3 Å². The lowest BCUT2D eigenvalue weighted by Gasteiger charge is -2.19. The molecule has 25 heavy (non-hydrogen) atoms. The summed E-state index contributed by atoms with van der Waals surface area (Å²) in [5, 5.41) is 19.9. The second kappa shape index (κ2) is 7.21. The van der Waals surface area contributed by atoms with Gasteiger partial charge in [-0.1, -0.05) is 0 Å². The molecule has 1 saturated heterocycles. The van der Waals surface area contributed by atoms with Gasteiger partial charge in [0.05, 0.1) is 6.61 Å². The Labute approximate surface area is 139 Å². The molecule has 1 unspecified atom stereocenters. The molecule has 0 aromatic carbocycles. The lowest BCUT2D eigenvalue weighted by Crippen LogP contribution is -2.34. The summed E-state index contributed by atoms with van der Waals surface area (Å²) in [5.74, 6) is -0.317.